The topological polar surface area (TPSA) is 30.5 Å². The molecule has 0 saturated heterocycles. The number of methoxy groups -OCH3 is 1. The Kier molecular flexibility index (Phi) is 6.57. The molecule has 0 unspecified atom stereocenters. The zero-order valence-corrected chi connectivity index (χ0v) is 12.6. The summed E-state index contributed by atoms with van der Waals surface area (Å²) in [6.45, 7) is 3.00. The van der Waals surface area contributed by atoms with Crippen molar-refractivity contribution in [3.8, 4) is 5.75 Å². The molecule has 108 valence electrons. The minimum Gasteiger partial charge on any atom is -0.491 e. The Morgan fingerprint density at radius 1 is 1.10 bits per heavy atom. The molecular weight excluding hydrogens is 270 g/mol. The largest absolute Gasteiger partial charge is 0.491 e. The SMILES string of the molecule is COCCOc1ccccc1CNCCc1cccs1. The molecular formula is C16H21NO2S. The summed E-state index contributed by atoms with van der Waals surface area (Å²) in [4.78, 5) is 1.42. The van der Waals surface area contributed by atoms with Crippen LogP contribution < -0.4 is 10.1 Å². The number of nitrogens with one attached hydrogen (secondary N) is 1. The Bertz CT molecular complexity index is 485. The summed E-state index contributed by atoms with van der Waals surface area (Å²) in [6, 6.07) is 12.4. The van der Waals surface area contributed by atoms with Crippen LogP contribution in [-0.4, -0.2) is 26.9 Å². The molecule has 20 heavy (non-hydrogen) atoms. The van der Waals surface area contributed by atoms with Gasteiger partial charge in [-0.15, -0.1) is 11.3 Å². The van der Waals surface area contributed by atoms with Crippen molar-refractivity contribution in [2.45, 2.75) is 13.0 Å². The van der Waals surface area contributed by atoms with E-state index in [2.05, 4.69) is 28.9 Å². The van der Waals surface area contributed by atoms with E-state index in [-0.39, 0.29) is 0 Å². The van der Waals surface area contributed by atoms with E-state index in [1.807, 2.05) is 29.5 Å². The van der Waals surface area contributed by atoms with E-state index in [9.17, 15) is 0 Å². The monoisotopic (exact) mass is 291 g/mol. The van der Waals surface area contributed by atoms with Gasteiger partial charge < -0.3 is 14.8 Å². The van der Waals surface area contributed by atoms with Crippen molar-refractivity contribution in [1.82, 2.24) is 5.32 Å². The second kappa shape index (κ2) is 8.74. The van der Waals surface area contributed by atoms with Gasteiger partial charge in [0.25, 0.3) is 0 Å². The molecule has 0 radical (unpaired) electrons. The molecule has 1 aromatic carbocycles. The van der Waals surface area contributed by atoms with Crippen LogP contribution in [0.15, 0.2) is 41.8 Å². The average molecular weight is 291 g/mol. The fourth-order valence-electron chi connectivity index (χ4n) is 1.92. The molecule has 0 atom stereocenters. The van der Waals surface area contributed by atoms with Gasteiger partial charge in [-0.2, -0.15) is 0 Å². The van der Waals surface area contributed by atoms with Gasteiger partial charge in [0.05, 0.1) is 6.61 Å². The van der Waals surface area contributed by atoms with Crippen LogP contribution in [0.1, 0.15) is 10.4 Å². The smallest absolute Gasteiger partial charge is 0.123 e. The van der Waals surface area contributed by atoms with Crippen molar-refractivity contribution in [2.24, 2.45) is 0 Å². The lowest BCUT2D eigenvalue weighted by molar-refractivity contribution is 0.145. The Morgan fingerprint density at radius 3 is 2.80 bits per heavy atom. The van der Waals surface area contributed by atoms with Gasteiger partial charge in [-0.1, -0.05) is 24.3 Å². The maximum atomic E-state index is 5.72. The van der Waals surface area contributed by atoms with Crippen LogP contribution in [0.2, 0.25) is 0 Å². The van der Waals surface area contributed by atoms with Crippen LogP contribution in [0.5, 0.6) is 5.75 Å². The van der Waals surface area contributed by atoms with Crippen LogP contribution in [0.25, 0.3) is 0 Å². The van der Waals surface area contributed by atoms with Gasteiger partial charge in [0.2, 0.25) is 0 Å². The Balaban J connectivity index is 1.76. The van der Waals surface area contributed by atoms with E-state index in [4.69, 9.17) is 9.47 Å². The lowest BCUT2D eigenvalue weighted by Crippen LogP contribution is -2.17. The fraction of sp³-hybridized carbons (Fsp3) is 0.375. The maximum Gasteiger partial charge on any atom is 0.123 e. The van der Waals surface area contributed by atoms with E-state index in [0.717, 1.165) is 25.3 Å². The molecule has 2 aromatic rings. The highest BCUT2D eigenvalue weighted by atomic mass is 32.1. The number of rotatable bonds is 9. The molecule has 0 spiro atoms. The average Bonchev–Trinajstić information content (AvgIpc) is 2.98. The molecule has 0 aliphatic heterocycles. The van der Waals surface area contributed by atoms with E-state index >= 15 is 0 Å². The van der Waals surface area contributed by atoms with Crippen LogP contribution in [0, 0.1) is 0 Å². The number of hydrogen-bond acceptors (Lipinski definition) is 4. The third kappa shape index (κ3) is 4.96. The fourth-order valence-corrected chi connectivity index (χ4v) is 2.62. The first kappa shape index (κ1) is 15.0. The van der Waals surface area contributed by atoms with Crippen molar-refractivity contribution in [1.29, 1.82) is 0 Å². The van der Waals surface area contributed by atoms with Gasteiger partial charge in [-0.3, -0.25) is 0 Å². The summed E-state index contributed by atoms with van der Waals surface area (Å²) in [6.07, 6.45) is 1.07. The van der Waals surface area contributed by atoms with Crippen molar-refractivity contribution in [3.05, 3.63) is 52.2 Å². The molecule has 2 rings (SSSR count). The third-order valence-corrected chi connectivity index (χ3v) is 3.90. The lowest BCUT2D eigenvalue weighted by Gasteiger charge is -2.11. The molecule has 4 heteroatoms. The molecule has 1 N–H and O–H groups in total. The van der Waals surface area contributed by atoms with Crippen LogP contribution >= 0.6 is 11.3 Å². The number of benzene rings is 1. The summed E-state index contributed by atoms with van der Waals surface area (Å²) < 4.78 is 10.7. The molecule has 3 nitrogen and oxygen atoms in total. The molecule has 0 aliphatic carbocycles. The third-order valence-electron chi connectivity index (χ3n) is 2.96. The second-order valence-corrected chi connectivity index (χ2v) is 5.49. The van der Waals surface area contributed by atoms with Gasteiger partial charge >= 0.3 is 0 Å². The lowest BCUT2D eigenvalue weighted by atomic mass is 10.2. The number of ether oxygens (including phenoxy) is 2. The first-order valence-corrected chi connectivity index (χ1v) is 7.71. The minimum absolute atomic E-state index is 0.586. The van der Waals surface area contributed by atoms with Gasteiger partial charge in [-0.05, 0) is 23.9 Å². The summed E-state index contributed by atoms with van der Waals surface area (Å²) in [5.74, 6) is 0.938. The molecule has 0 saturated carbocycles. The number of para-hydroxylation sites is 1. The first-order chi connectivity index (χ1) is 9.90. The Labute approximate surface area is 124 Å². The van der Waals surface area contributed by atoms with Crippen LogP contribution in [-0.2, 0) is 17.7 Å². The van der Waals surface area contributed by atoms with Crippen molar-refractivity contribution >= 4 is 11.3 Å². The summed E-state index contributed by atoms with van der Waals surface area (Å²) >= 11 is 1.81. The Hall–Kier alpha value is -1.36. The van der Waals surface area contributed by atoms with Gasteiger partial charge in [-0.25, -0.2) is 0 Å². The molecule has 1 heterocycles. The zero-order valence-electron chi connectivity index (χ0n) is 11.8. The number of hydrogen-bond donors (Lipinski definition) is 1. The molecule has 0 fully saturated rings. The predicted molar refractivity (Wildman–Crippen MR) is 83.5 cm³/mol. The summed E-state index contributed by atoms with van der Waals surface area (Å²) in [7, 11) is 1.68. The van der Waals surface area contributed by atoms with Crippen LogP contribution in [0.4, 0.5) is 0 Å². The number of thiophene rings is 1. The van der Waals surface area contributed by atoms with Gasteiger partial charge in [0, 0.05) is 30.6 Å². The molecule has 0 bridgehead atoms. The van der Waals surface area contributed by atoms with Crippen molar-refractivity contribution in [2.75, 3.05) is 26.9 Å². The van der Waals surface area contributed by atoms with Gasteiger partial charge in [0.15, 0.2) is 0 Å². The summed E-state index contributed by atoms with van der Waals surface area (Å²) in [5, 5.41) is 5.59. The van der Waals surface area contributed by atoms with E-state index in [1.165, 1.54) is 10.4 Å². The highest BCUT2D eigenvalue weighted by Crippen LogP contribution is 2.17. The second-order valence-electron chi connectivity index (χ2n) is 4.46. The standard InChI is InChI=1S/C16H21NO2S/c1-18-10-11-19-16-7-3-2-5-14(16)13-17-9-8-15-6-4-12-20-15/h2-7,12,17H,8-11,13H2,1H3. The minimum atomic E-state index is 0.586. The Morgan fingerprint density at radius 2 is 2.00 bits per heavy atom. The quantitative estimate of drug-likeness (QED) is 0.720. The molecule has 1 aromatic heterocycles. The summed E-state index contributed by atoms with van der Waals surface area (Å²) in [5.41, 5.74) is 1.19. The first-order valence-electron chi connectivity index (χ1n) is 6.83. The highest BCUT2D eigenvalue weighted by Gasteiger charge is 2.02. The predicted octanol–water partition coefficient (Wildman–Crippen LogP) is 3.11. The molecule has 0 aliphatic rings. The maximum absolute atomic E-state index is 5.72. The molecule has 0 amide bonds. The van der Waals surface area contributed by atoms with Gasteiger partial charge in [0.1, 0.15) is 12.4 Å². The highest BCUT2D eigenvalue weighted by molar-refractivity contribution is 7.09. The normalized spacial score (nSPS) is 10.7. The van der Waals surface area contributed by atoms with Crippen molar-refractivity contribution < 1.29 is 9.47 Å². The van der Waals surface area contributed by atoms with E-state index in [0.29, 0.717) is 13.2 Å². The zero-order chi connectivity index (χ0) is 14.0. The van der Waals surface area contributed by atoms with Crippen LogP contribution in [0.3, 0.4) is 0 Å². The van der Waals surface area contributed by atoms with Crippen molar-refractivity contribution in [3.63, 3.8) is 0 Å². The van der Waals surface area contributed by atoms with E-state index < -0.39 is 0 Å². The van der Waals surface area contributed by atoms with E-state index in [1.54, 1.807) is 7.11 Å².